The van der Waals surface area contributed by atoms with Crippen molar-refractivity contribution < 1.29 is 14.0 Å². The van der Waals surface area contributed by atoms with Gasteiger partial charge in [0.1, 0.15) is 5.75 Å². The average Bonchev–Trinajstić information content (AvgIpc) is 2.66. The highest BCUT2D eigenvalue weighted by Gasteiger charge is 2.61. The summed E-state index contributed by atoms with van der Waals surface area (Å²) in [5.41, 5.74) is 1.09. The van der Waals surface area contributed by atoms with E-state index in [-0.39, 0.29) is 23.7 Å². The molecule has 2 aliphatic rings. The monoisotopic (exact) mass is 316 g/mol. The van der Waals surface area contributed by atoms with E-state index in [9.17, 15) is 0 Å². The van der Waals surface area contributed by atoms with Gasteiger partial charge in [0.15, 0.2) is 0 Å². The van der Waals surface area contributed by atoms with Crippen LogP contribution in [0.3, 0.4) is 0 Å². The summed E-state index contributed by atoms with van der Waals surface area (Å²) in [7, 11) is 1.58. The Balaban J connectivity index is 1.83. The molecule has 1 saturated heterocycles. The maximum atomic E-state index is 6.31. The molecular weight excluding hydrogens is 287 g/mol. The van der Waals surface area contributed by atoms with E-state index in [1.165, 1.54) is 5.56 Å². The van der Waals surface area contributed by atoms with E-state index in [0.29, 0.717) is 11.7 Å². The van der Waals surface area contributed by atoms with Gasteiger partial charge in [-0.05, 0) is 63.1 Å². The molecule has 1 heterocycles. The smallest absolute Gasteiger partial charge is 0.461 e. The van der Waals surface area contributed by atoms with E-state index >= 15 is 0 Å². The highest BCUT2D eigenvalue weighted by atomic mass is 16.7. The SMILES string of the molecule is COc1ccc([C@@H]2C(B3OC(C)(C)C(C)(C)O3)CC2(C)C)cc1. The Bertz CT molecular complexity index is 561. The minimum atomic E-state index is -0.262. The molecular formula is C19H29BO3. The first-order valence-electron chi connectivity index (χ1n) is 8.57. The van der Waals surface area contributed by atoms with E-state index in [0.717, 1.165) is 12.2 Å². The van der Waals surface area contributed by atoms with Crippen molar-refractivity contribution in [2.75, 3.05) is 7.11 Å². The minimum Gasteiger partial charge on any atom is -0.497 e. The van der Waals surface area contributed by atoms with Gasteiger partial charge in [-0.15, -0.1) is 0 Å². The first-order valence-corrected chi connectivity index (χ1v) is 8.57. The van der Waals surface area contributed by atoms with Crippen molar-refractivity contribution in [1.29, 1.82) is 0 Å². The Kier molecular flexibility index (Phi) is 3.85. The Morgan fingerprint density at radius 2 is 1.48 bits per heavy atom. The lowest BCUT2D eigenvalue weighted by molar-refractivity contribution is 0.00578. The van der Waals surface area contributed by atoms with E-state index in [2.05, 4.69) is 53.7 Å². The van der Waals surface area contributed by atoms with Crippen molar-refractivity contribution >= 4 is 7.12 Å². The van der Waals surface area contributed by atoms with Gasteiger partial charge in [-0.1, -0.05) is 26.0 Å². The second-order valence-electron chi connectivity index (χ2n) is 8.73. The topological polar surface area (TPSA) is 27.7 Å². The third-order valence-corrected chi connectivity index (χ3v) is 6.13. The van der Waals surface area contributed by atoms with Crippen molar-refractivity contribution in [2.45, 2.75) is 70.9 Å². The minimum absolute atomic E-state index is 0.125. The van der Waals surface area contributed by atoms with Crippen LogP contribution in [0.1, 0.15) is 59.4 Å². The van der Waals surface area contributed by atoms with E-state index < -0.39 is 0 Å². The van der Waals surface area contributed by atoms with E-state index in [1.807, 2.05) is 12.1 Å². The van der Waals surface area contributed by atoms with Gasteiger partial charge in [-0.2, -0.15) is 0 Å². The third kappa shape index (κ3) is 2.70. The molecule has 4 heteroatoms. The zero-order valence-corrected chi connectivity index (χ0v) is 15.5. The maximum Gasteiger partial charge on any atom is 0.461 e. The molecule has 1 aliphatic heterocycles. The first kappa shape index (κ1) is 16.8. The number of ether oxygens (including phenoxy) is 1. The van der Waals surface area contributed by atoms with Crippen molar-refractivity contribution in [3.8, 4) is 5.75 Å². The van der Waals surface area contributed by atoms with Gasteiger partial charge < -0.3 is 14.0 Å². The first-order chi connectivity index (χ1) is 10.6. The number of hydrogen-bond acceptors (Lipinski definition) is 3. The number of methoxy groups -OCH3 is 1. The maximum absolute atomic E-state index is 6.31. The van der Waals surface area contributed by atoms with Crippen LogP contribution >= 0.6 is 0 Å². The van der Waals surface area contributed by atoms with Gasteiger partial charge in [-0.25, -0.2) is 0 Å². The summed E-state index contributed by atoms with van der Waals surface area (Å²) in [6.45, 7) is 13.2. The Hall–Kier alpha value is -0.995. The predicted molar refractivity (Wildman–Crippen MR) is 94.0 cm³/mol. The molecule has 1 unspecified atom stereocenters. The summed E-state index contributed by atoms with van der Waals surface area (Å²) in [4.78, 5) is 0. The highest BCUT2D eigenvalue weighted by Crippen LogP contribution is 2.63. The molecule has 1 saturated carbocycles. The standard InChI is InChI=1S/C19H29BO3/c1-17(2)12-15(20-22-18(3,4)19(5,6)23-20)16(17)13-8-10-14(21-7)11-9-13/h8-11,15-16H,12H2,1-7H3/t15?,16-/m1/s1. The van der Waals surface area contributed by atoms with Crippen LogP contribution in [-0.4, -0.2) is 25.4 Å². The summed E-state index contributed by atoms with van der Waals surface area (Å²) in [6, 6.07) is 8.46. The fraction of sp³-hybridized carbons (Fsp3) is 0.684. The Morgan fingerprint density at radius 1 is 0.957 bits per heavy atom. The van der Waals surface area contributed by atoms with Crippen molar-refractivity contribution in [2.24, 2.45) is 5.41 Å². The van der Waals surface area contributed by atoms with Gasteiger partial charge in [0.05, 0.1) is 18.3 Å². The summed E-state index contributed by atoms with van der Waals surface area (Å²) in [5, 5.41) is 0. The summed E-state index contributed by atoms with van der Waals surface area (Å²) >= 11 is 0. The number of rotatable bonds is 3. The van der Waals surface area contributed by atoms with Gasteiger partial charge in [-0.3, -0.25) is 0 Å². The lowest BCUT2D eigenvalue weighted by Gasteiger charge is -2.52. The lowest BCUT2D eigenvalue weighted by Crippen LogP contribution is -2.46. The molecule has 0 N–H and O–H groups in total. The van der Waals surface area contributed by atoms with Gasteiger partial charge in [0, 0.05) is 5.82 Å². The molecule has 3 nitrogen and oxygen atoms in total. The molecule has 0 spiro atoms. The molecule has 0 aromatic heterocycles. The molecule has 2 atom stereocenters. The van der Waals surface area contributed by atoms with Crippen LogP contribution in [0, 0.1) is 5.41 Å². The molecule has 3 rings (SSSR count). The molecule has 2 fully saturated rings. The van der Waals surface area contributed by atoms with Gasteiger partial charge in [0.25, 0.3) is 0 Å². The molecule has 1 aromatic rings. The zero-order valence-electron chi connectivity index (χ0n) is 15.5. The number of benzene rings is 1. The molecule has 1 aliphatic carbocycles. The molecule has 23 heavy (non-hydrogen) atoms. The average molecular weight is 316 g/mol. The van der Waals surface area contributed by atoms with Crippen molar-refractivity contribution in [1.82, 2.24) is 0 Å². The summed E-state index contributed by atoms with van der Waals surface area (Å²) in [5.74, 6) is 1.75. The third-order valence-electron chi connectivity index (χ3n) is 6.13. The normalized spacial score (nSPS) is 30.8. The van der Waals surface area contributed by atoms with Gasteiger partial charge >= 0.3 is 7.12 Å². The molecule has 0 radical (unpaired) electrons. The van der Waals surface area contributed by atoms with Crippen LogP contribution in [0.25, 0.3) is 0 Å². The Labute approximate surface area is 140 Å². The molecule has 0 amide bonds. The van der Waals surface area contributed by atoms with Crippen LogP contribution in [-0.2, 0) is 9.31 Å². The zero-order chi connectivity index (χ0) is 17.0. The Morgan fingerprint density at radius 3 is 1.91 bits per heavy atom. The quantitative estimate of drug-likeness (QED) is 0.758. The molecule has 0 bridgehead atoms. The van der Waals surface area contributed by atoms with Crippen LogP contribution in [0.2, 0.25) is 5.82 Å². The number of hydrogen-bond donors (Lipinski definition) is 0. The molecule has 1 aromatic carbocycles. The van der Waals surface area contributed by atoms with Crippen LogP contribution in [0.5, 0.6) is 5.75 Å². The van der Waals surface area contributed by atoms with E-state index in [4.69, 9.17) is 14.0 Å². The fourth-order valence-corrected chi connectivity index (χ4v) is 4.10. The fourth-order valence-electron chi connectivity index (χ4n) is 4.10. The largest absolute Gasteiger partial charge is 0.497 e. The van der Waals surface area contributed by atoms with E-state index in [1.54, 1.807) is 7.11 Å². The van der Waals surface area contributed by atoms with Crippen LogP contribution in [0.15, 0.2) is 24.3 Å². The van der Waals surface area contributed by atoms with Crippen LogP contribution < -0.4 is 4.74 Å². The van der Waals surface area contributed by atoms with Crippen molar-refractivity contribution in [3.63, 3.8) is 0 Å². The summed E-state index contributed by atoms with van der Waals surface area (Å²) < 4.78 is 17.9. The van der Waals surface area contributed by atoms with Crippen LogP contribution in [0.4, 0.5) is 0 Å². The van der Waals surface area contributed by atoms with Gasteiger partial charge in [0.2, 0.25) is 0 Å². The predicted octanol–water partition coefficient (Wildman–Crippen LogP) is 4.67. The highest BCUT2D eigenvalue weighted by molar-refractivity contribution is 6.48. The second kappa shape index (κ2) is 5.25. The lowest BCUT2D eigenvalue weighted by atomic mass is 9.42. The molecule has 126 valence electrons. The summed E-state index contributed by atoms with van der Waals surface area (Å²) in [6.07, 6.45) is 1.13. The second-order valence-corrected chi connectivity index (χ2v) is 8.73. The van der Waals surface area contributed by atoms with Crippen molar-refractivity contribution in [3.05, 3.63) is 29.8 Å².